The topological polar surface area (TPSA) is 47.1 Å². The Bertz CT molecular complexity index is 958. The van der Waals surface area contributed by atoms with Gasteiger partial charge in [-0.15, -0.1) is 0 Å². The van der Waals surface area contributed by atoms with Crippen molar-refractivity contribution in [3.8, 4) is 11.1 Å². The van der Waals surface area contributed by atoms with Crippen molar-refractivity contribution in [2.24, 2.45) is 0 Å². The van der Waals surface area contributed by atoms with Crippen LogP contribution in [-0.2, 0) is 16.0 Å². The monoisotopic (exact) mass is 460 g/mol. The molecule has 0 bridgehead atoms. The molecule has 0 spiro atoms. The Morgan fingerprint density at radius 1 is 0.676 bits per heavy atom. The summed E-state index contributed by atoms with van der Waals surface area (Å²) >= 11 is 0. The Morgan fingerprint density at radius 3 is 1.88 bits per heavy atom. The molecule has 2 aromatic carbocycles. The first-order chi connectivity index (χ1) is 16.7. The summed E-state index contributed by atoms with van der Waals surface area (Å²) in [5, 5.41) is 0. The zero-order chi connectivity index (χ0) is 23.3. The summed E-state index contributed by atoms with van der Waals surface area (Å²) in [6.07, 6.45) is 4.45. The first kappa shape index (κ1) is 23.1. The molecule has 0 aromatic heterocycles. The molecule has 6 nitrogen and oxygen atoms in total. The van der Waals surface area contributed by atoms with Crippen LogP contribution in [0.15, 0.2) is 54.6 Å². The van der Waals surface area contributed by atoms with Crippen LogP contribution in [0.4, 0.5) is 0 Å². The maximum Gasteiger partial charge on any atom is 0.236 e. The van der Waals surface area contributed by atoms with E-state index < -0.39 is 0 Å². The third-order valence-corrected chi connectivity index (χ3v) is 7.76. The van der Waals surface area contributed by atoms with Gasteiger partial charge in [0.05, 0.1) is 13.0 Å². The SMILES string of the molecule is O=C(Cc1ccc(-c2ccccc2)cc1)N1CCN(CC(=O)N2CCN(C3CCC3)CC2)CC1. The maximum absolute atomic E-state index is 12.8. The number of benzene rings is 2. The number of carbonyl (C=O) groups is 2. The molecular formula is C28H36N4O2. The number of piperazine rings is 2. The third-order valence-electron chi connectivity index (χ3n) is 7.76. The van der Waals surface area contributed by atoms with Gasteiger partial charge in [0.2, 0.25) is 11.8 Å². The third kappa shape index (κ3) is 5.50. The molecule has 2 saturated heterocycles. The summed E-state index contributed by atoms with van der Waals surface area (Å²) < 4.78 is 0. The van der Waals surface area contributed by atoms with Crippen molar-refractivity contribution in [2.45, 2.75) is 31.7 Å². The Labute approximate surface area is 203 Å². The van der Waals surface area contributed by atoms with E-state index in [-0.39, 0.29) is 11.8 Å². The van der Waals surface area contributed by atoms with Crippen molar-refractivity contribution in [1.29, 1.82) is 0 Å². The summed E-state index contributed by atoms with van der Waals surface area (Å²) in [5.74, 6) is 0.414. The highest BCUT2D eigenvalue weighted by atomic mass is 16.2. The van der Waals surface area contributed by atoms with Crippen LogP contribution in [0.25, 0.3) is 11.1 Å². The Hall–Kier alpha value is -2.70. The zero-order valence-electron chi connectivity index (χ0n) is 20.1. The molecule has 0 atom stereocenters. The van der Waals surface area contributed by atoms with E-state index in [0.717, 1.165) is 50.9 Å². The Kier molecular flexibility index (Phi) is 7.26. The van der Waals surface area contributed by atoms with Crippen molar-refractivity contribution in [3.05, 3.63) is 60.2 Å². The van der Waals surface area contributed by atoms with Crippen LogP contribution < -0.4 is 0 Å². The number of nitrogens with zero attached hydrogens (tertiary/aromatic N) is 4. The van der Waals surface area contributed by atoms with Gasteiger partial charge in [-0.1, -0.05) is 61.0 Å². The Morgan fingerprint density at radius 2 is 1.26 bits per heavy atom. The van der Waals surface area contributed by atoms with Crippen LogP contribution in [0.2, 0.25) is 0 Å². The van der Waals surface area contributed by atoms with Crippen LogP contribution in [0.5, 0.6) is 0 Å². The zero-order valence-corrected chi connectivity index (χ0v) is 20.1. The molecule has 2 amide bonds. The molecule has 5 rings (SSSR count). The van der Waals surface area contributed by atoms with Crippen molar-refractivity contribution in [2.75, 3.05) is 58.9 Å². The summed E-state index contributed by atoms with van der Waals surface area (Å²) in [6.45, 7) is 7.17. The van der Waals surface area contributed by atoms with E-state index in [0.29, 0.717) is 26.1 Å². The molecule has 2 aromatic rings. The molecule has 3 aliphatic rings. The second kappa shape index (κ2) is 10.7. The second-order valence-corrected chi connectivity index (χ2v) is 9.90. The predicted octanol–water partition coefficient (Wildman–Crippen LogP) is 2.74. The number of carbonyl (C=O) groups excluding carboxylic acids is 2. The van der Waals surface area contributed by atoms with Gasteiger partial charge in [0.25, 0.3) is 0 Å². The van der Waals surface area contributed by atoms with Gasteiger partial charge in [-0.3, -0.25) is 19.4 Å². The Balaban J connectivity index is 1.04. The fourth-order valence-corrected chi connectivity index (χ4v) is 5.27. The van der Waals surface area contributed by atoms with E-state index in [4.69, 9.17) is 0 Å². The van der Waals surface area contributed by atoms with Gasteiger partial charge in [-0.2, -0.15) is 0 Å². The van der Waals surface area contributed by atoms with Gasteiger partial charge < -0.3 is 9.80 Å². The van der Waals surface area contributed by atoms with Gasteiger partial charge in [0, 0.05) is 58.4 Å². The molecule has 1 aliphatic carbocycles. The molecule has 2 aliphatic heterocycles. The van der Waals surface area contributed by atoms with Crippen LogP contribution >= 0.6 is 0 Å². The molecule has 6 heteroatoms. The summed E-state index contributed by atoms with van der Waals surface area (Å²) in [6, 6.07) is 19.3. The van der Waals surface area contributed by atoms with Gasteiger partial charge in [0.1, 0.15) is 0 Å². The van der Waals surface area contributed by atoms with Crippen molar-refractivity contribution < 1.29 is 9.59 Å². The number of hydrogen-bond acceptors (Lipinski definition) is 4. The van der Waals surface area contributed by atoms with E-state index in [1.807, 2.05) is 28.0 Å². The molecule has 180 valence electrons. The van der Waals surface area contributed by atoms with Crippen molar-refractivity contribution in [3.63, 3.8) is 0 Å². The van der Waals surface area contributed by atoms with Gasteiger partial charge in [-0.05, 0) is 29.5 Å². The van der Waals surface area contributed by atoms with Gasteiger partial charge >= 0.3 is 0 Å². The smallest absolute Gasteiger partial charge is 0.236 e. The number of amides is 2. The quantitative estimate of drug-likeness (QED) is 0.665. The molecule has 1 saturated carbocycles. The van der Waals surface area contributed by atoms with E-state index >= 15 is 0 Å². The highest BCUT2D eigenvalue weighted by Crippen LogP contribution is 2.25. The fraction of sp³-hybridized carbons (Fsp3) is 0.500. The van der Waals surface area contributed by atoms with Gasteiger partial charge in [-0.25, -0.2) is 0 Å². The summed E-state index contributed by atoms with van der Waals surface area (Å²) in [7, 11) is 0. The first-order valence-electron chi connectivity index (χ1n) is 12.8. The molecule has 3 fully saturated rings. The molecule has 2 heterocycles. The van der Waals surface area contributed by atoms with Crippen molar-refractivity contribution >= 4 is 11.8 Å². The van der Waals surface area contributed by atoms with Crippen molar-refractivity contribution in [1.82, 2.24) is 19.6 Å². The lowest BCUT2D eigenvalue weighted by molar-refractivity contribution is -0.136. The number of rotatable bonds is 6. The minimum absolute atomic E-state index is 0.172. The highest BCUT2D eigenvalue weighted by Gasteiger charge is 2.30. The standard InChI is InChI=1S/C28H36N4O2/c33-27(21-23-9-11-25(12-10-23)24-5-2-1-3-6-24)31-15-13-29(14-16-31)22-28(34)32-19-17-30(18-20-32)26-7-4-8-26/h1-3,5-6,9-12,26H,4,7-8,13-22H2. The van der Waals surface area contributed by atoms with E-state index in [1.165, 1.54) is 30.4 Å². The van der Waals surface area contributed by atoms with Crippen LogP contribution in [0.1, 0.15) is 24.8 Å². The van der Waals surface area contributed by atoms with E-state index in [2.05, 4.69) is 46.2 Å². The second-order valence-electron chi connectivity index (χ2n) is 9.90. The number of hydrogen-bond donors (Lipinski definition) is 0. The lowest BCUT2D eigenvalue weighted by Gasteiger charge is -2.43. The van der Waals surface area contributed by atoms with Crippen LogP contribution in [-0.4, -0.2) is 96.4 Å². The van der Waals surface area contributed by atoms with E-state index in [1.54, 1.807) is 0 Å². The average molecular weight is 461 g/mol. The highest BCUT2D eigenvalue weighted by molar-refractivity contribution is 5.80. The largest absolute Gasteiger partial charge is 0.340 e. The summed E-state index contributed by atoms with van der Waals surface area (Å²) in [4.78, 5) is 34.4. The lowest BCUT2D eigenvalue weighted by Crippen LogP contribution is -2.56. The van der Waals surface area contributed by atoms with Crippen LogP contribution in [0.3, 0.4) is 0 Å². The molecule has 34 heavy (non-hydrogen) atoms. The average Bonchev–Trinajstić information content (AvgIpc) is 2.85. The van der Waals surface area contributed by atoms with Crippen LogP contribution in [0, 0.1) is 0 Å². The maximum atomic E-state index is 12.8. The molecule has 0 N–H and O–H groups in total. The van der Waals surface area contributed by atoms with Gasteiger partial charge in [0.15, 0.2) is 0 Å². The first-order valence-corrected chi connectivity index (χ1v) is 12.8. The molecule has 0 radical (unpaired) electrons. The lowest BCUT2D eigenvalue weighted by atomic mass is 9.91. The molecule has 0 unspecified atom stereocenters. The summed E-state index contributed by atoms with van der Waals surface area (Å²) in [5.41, 5.74) is 3.40. The molecular weight excluding hydrogens is 424 g/mol. The minimum Gasteiger partial charge on any atom is -0.340 e. The fourth-order valence-electron chi connectivity index (χ4n) is 5.27. The normalized spacial score (nSPS) is 20.2. The van der Waals surface area contributed by atoms with E-state index in [9.17, 15) is 9.59 Å². The minimum atomic E-state index is 0.172. The predicted molar refractivity (Wildman–Crippen MR) is 134 cm³/mol.